The van der Waals surface area contributed by atoms with Crippen molar-refractivity contribution < 1.29 is 37.0 Å². The van der Waals surface area contributed by atoms with Gasteiger partial charge in [-0.2, -0.15) is 4.31 Å². The third-order valence-corrected chi connectivity index (χ3v) is 6.56. The van der Waals surface area contributed by atoms with Gasteiger partial charge in [-0.25, -0.2) is 9.13 Å². The predicted octanol–water partition coefficient (Wildman–Crippen LogP) is 6.33. The van der Waals surface area contributed by atoms with Gasteiger partial charge < -0.3 is 5.48 Å². The normalized spacial score (nSPS) is 11.2. The number of phosphoric acid groups is 2. The van der Waals surface area contributed by atoms with E-state index in [2.05, 4.69) is 0 Å². The molecule has 0 spiro atoms. The van der Waals surface area contributed by atoms with Crippen LogP contribution in [0.2, 0.25) is 0 Å². The van der Waals surface area contributed by atoms with Crippen molar-refractivity contribution in [2.45, 2.75) is 55.4 Å². The maximum absolute atomic E-state index is 13.1. The highest BCUT2D eigenvalue weighted by atomic mass is 31.3. The van der Waals surface area contributed by atoms with Crippen molar-refractivity contribution in [2.75, 3.05) is 26.4 Å². The molecular formula is C20H38O8P2. The Morgan fingerprint density at radius 3 is 0.900 bits per heavy atom. The summed E-state index contributed by atoms with van der Waals surface area (Å²) in [5, 5.41) is 0. The first-order valence-electron chi connectivity index (χ1n) is 9.40. The predicted molar refractivity (Wildman–Crippen MR) is 121 cm³/mol. The molecule has 30 heavy (non-hydrogen) atoms. The molecule has 0 amide bonds. The molecule has 0 atom stereocenters. The van der Waals surface area contributed by atoms with Crippen LogP contribution in [0.4, 0.5) is 0 Å². The first-order chi connectivity index (χ1) is 13.4. The minimum atomic E-state index is -4.22. The molecule has 0 rings (SSSR count). The van der Waals surface area contributed by atoms with E-state index in [1.165, 1.54) is 0 Å². The van der Waals surface area contributed by atoms with E-state index in [9.17, 15) is 9.13 Å². The lowest BCUT2D eigenvalue weighted by atomic mass is 10.3. The second kappa shape index (κ2) is 15.9. The van der Waals surface area contributed by atoms with Gasteiger partial charge in [0.2, 0.25) is 0 Å². The van der Waals surface area contributed by atoms with E-state index >= 15 is 0 Å². The van der Waals surface area contributed by atoms with Gasteiger partial charge in [0.15, 0.2) is 0 Å². The molecule has 0 radical (unpaired) electrons. The van der Waals surface area contributed by atoms with Gasteiger partial charge in [-0.15, -0.1) is 0 Å². The van der Waals surface area contributed by atoms with Crippen LogP contribution in [-0.4, -0.2) is 31.9 Å². The Hall–Kier alpha value is -0.820. The fraction of sp³-hybridized carbons (Fsp3) is 0.600. The van der Waals surface area contributed by atoms with Crippen LogP contribution in [0, 0.1) is 0 Å². The van der Waals surface area contributed by atoms with E-state index in [0.29, 0.717) is 0 Å². The number of hydrogen-bond acceptors (Lipinski definition) is 7. The number of hydrogen-bond donors (Lipinski definition) is 0. The highest BCUT2D eigenvalue weighted by molar-refractivity contribution is 7.62. The van der Waals surface area contributed by atoms with E-state index < -0.39 is 15.6 Å². The van der Waals surface area contributed by atoms with Gasteiger partial charge in [0.1, 0.15) is 0 Å². The molecule has 0 saturated carbocycles. The lowest BCUT2D eigenvalue weighted by molar-refractivity contribution is 0.130. The average Bonchev–Trinajstić information content (AvgIpc) is 2.52. The van der Waals surface area contributed by atoms with Crippen LogP contribution in [0.3, 0.4) is 0 Å². The Kier molecular flexibility index (Phi) is 16.6. The number of phosphoric ester groups is 2. The molecule has 0 aromatic rings. The standard InChI is InChI=1S/C20H36O7P2.H2O/c1-17(2)9-13-23-28(21,24-14-10-18(3)4)27-29(22,25-15-11-19(5)6)26-16-12-20(7)8;/h9-12H,13-16H2,1-8H3;1H2. The van der Waals surface area contributed by atoms with Gasteiger partial charge in [0.25, 0.3) is 0 Å². The van der Waals surface area contributed by atoms with Crippen LogP contribution in [0.25, 0.3) is 0 Å². The molecule has 0 fully saturated rings. The Morgan fingerprint density at radius 2 is 0.733 bits per heavy atom. The van der Waals surface area contributed by atoms with Gasteiger partial charge in [0.05, 0.1) is 26.4 Å². The van der Waals surface area contributed by atoms with Gasteiger partial charge in [-0.3, -0.25) is 18.1 Å². The van der Waals surface area contributed by atoms with Crippen molar-refractivity contribution in [1.82, 2.24) is 0 Å². The lowest BCUT2D eigenvalue weighted by Gasteiger charge is -2.22. The minimum absolute atomic E-state index is 0. The van der Waals surface area contributed by atoms with Gasteiger partial charge in [-0.1, -0.05) is 46.6 Å². The summed E-state index contributed by atoms with van der Waals surface area (Å²) in [4.78, 5) is 0. The zero-order valence-electron chi connectivity index (χ0n) is 19.4. The summed E-state index contributed by atoms with van der Waals surface area (Å²) >= 11 is 0. The fourth-order valence-electron chi connectivity index (χ4n) is 1.47. The molecule has 0 bridgehead atoms. The van der Waals surface area contributed by atoms with Gasteiger partial charge >= 0.3 is 15.6 Å². The Morgan fingerprint density at radius 1 is 0.533 bits per heavy atom. The Labute approximate surface area is 181 Å². The van der Waals surface area contributed by atoms with Crippen LogP contribution in [-0.2, 0) is 31.5 Å². The SMILES string of the molecule is CC(C)=CCOP(=O)(OCC=C(C)C)OP(=O)(OCC=C(C)C)OCC=C(C)C.O. The van der Waals surface area contributed by atoms with Gasteiger partial charge in [0, 0.05) is 0 Å². The molecule has 0 aliphatic rings. The smallest absolute Gasteiger partial charge is 0.412 e. The van der Waals surface area contributed by atoms with Crippen LogP contribution < -0.4 is 0 Å². The number of allylic oxidation sites excluding steroid dienone is 4. The molecule has 0 aliphatic carbocycles. The monoisotopic (exact) mass is 468 g/mol. The average molecular weight is 468 g/mol. The van der Waals surface area contributed by atoms with Crippen molar-refractivity contribution in [3.05, 3.63) is 46.6 Å². The summed E-state index contributed by atoms with van der Waals surface area (Å²) < 4.78 is 52.7. The molecule has 0 saturated heterocycles. The molecule has 0 aromatic carbocycles. The number of rotatable bonds is 14. The summed E-state index contributed by atoms with van der Waals surface area (Å²) in [6.07, 6.45) is 6.83. The fourth-order valence-corrected chi connectivity index (χ4v) is 4.38. The molecule has 8 nitrogen and oxygen atoms in total. The Balaban J connectivity index is 0. The third-order valence-electron chi connectivity index (χ3n) is 3.10. The molecule has 0 aliphatic heterocycles. The summed E-state index contributed by atoms with van der Waals surface area (Å²) in [5.41, 5.74) is 3.85. The van der Waals surface area contributed by atoms with Crippen LogP contribution in [0.5, 0.6) is 0 Å². The first-order valence-corrected chi connectivity index (χ1v) is 12.3. The van der Waals surface area contributed by atoms with E-state index in [1.54, 1.807) is 24.3 Å². The molecule has 0 unspecified atom stereocenters. The summed E-state index contributed by atoms with van der Waals surface area (Å²) in [7, 11) is -8.45. The lowest BCUT2D eigenvalue weighted by Crippen LogP contribution is -2.05. The summed E-state index contributed by atoms with van der Waals surface area (Å²) in [6, 6.07) is 0. The van der Waals surface area contributed by atoms with E-state index in [0.717, 1.165) is 22.3 Å². The van der Waals surface area contributed by atoms with Crippen LogP contribution in [0.15, 0.2) is 46.6 Å². The van der Waals surface area contributed by atoms with E-state index in [1.807, 2.05) is 55.4 Å². The molecule has 0 aromatic heterocycles. The van der Waals surface area contributed by atoms with Crippen LogP contribution in [0.1, 0.15) is 55.4 Å². The highest BCUT2D eigenvalue weighted by Gasteiger charge is 2.40. The van der Waals surface area contributed by atoms with Crippen molar-refractivity contribution >= 4 is 15.6 Å². The maximum Gasteiger partial charge on any atom is 0.484 e. The molecule has 0 heterocycles. The zero-order chi connectivity index (χ0) is 22.5. The van der Waals surface area contributed by atoms with Crippen molar-refractivity contribution in [3.63, 3.8) is 0 Å². The van der Waals surface area contributed by atoms with E-state index in [-0.39, 0.29) is 31.9 Å². The quantitative estimate of drug-likeness (QED) is 0.216. The second-order valence-electron chi connectivity index (χ2n) is 7.29. The first kappa shape index (κ1) is 31.4. The maximum atomic E-state index is 13.1. The van der Waals surface area contributed by atoms with Crippen LogP contribution >= 0.6 is 15.6 Å². The zero-order valence-corrected chi connectivity index (χ0v) is 21.2. The molecule has 10 heteroatoms. The summed E-state index contributed by atoms with van der Waals surface area (Å²) in [5.74, 6) is 0. The van der Waals surface area contributed by atoms with E-state index in [4.69, 9.17) is 22.4 Å². The molecule has 176 valence electrons. The summed E-state index contributed by atoms with van der Waals surface area (Å²) in [6.45, 7) is 14.8. The molecular weight excluding hydrogens is 430 g/mol. The van der Waals surface area contributed by atoms with Crippen molar-refractivity contribution in [3.8, 4) is 0 Å². The van der Waals surface area contributed by atoms with Crippen molar-refractivity contribution in [2.24, 2.45) is 0 Å². The highest BCUT2D eigenvalue weighted by Crippen LogP contribution is 2.66. The largest absolute Gasteiger partial charge is 0.484 e. The minimum Gasteiger partial charge on any atom is -0.412 e. The molecule has 2 N–H and O–H groups in total. The Bertz CT molecular complexity index is 594. The van der Waals surface area contributed by atoms with Gasteiger partial charge in [-0.05, 0) is 55.4 Å². The van der Waals surface area contributed by atoms with Crippen molar-refractivity contribution in [1.29, 1.82) is 0 Å². The second-order valence-corrected chi connectivity index (χ2v) is 10.8. The topological polar surface area (TPSA) is 112 Å². The third kappa shape index (κ3) is 16.9.